The van der Waals surface area contributed by atoms with Crippen LogP contribution in [0.15, 0.2) is 52.5 Å². The molecule has 0 amide bonds. The van der Waals surface area contributed by atoms with Crippen molar-refractivity contribution in [3.63, 3.8) is 0 Å². The fourth-order valence-electron chi connectivity index (χ4n) is 4.05. The first kappa shape index (κ1) is 31.6. The largest absolute Gasteiger partial charge is 0.462 e. The highest BCUT2D eigenvalue weighted by Gasteiger charge is 2.57. The van der Waals surface area contributed by atoms with Crippen molar-refractivity contribution in [2.75, 3.05) is 12.3 Å². The van der Waals surface area contributed by atoms with E-state index in [-0.39, 0.29) is 11.6 Å². The molecule has 1 aromatic heterocycles. The maximum Gasteiger partial charge on any atom is 0.459 e. The standard InChI is InChI=1S/C24H32N7O9P/c1-14(2)37-21(33)15(3)28-41(35,40-17-9-7-6-8-10-17)36-13-18-20(38-16(4)32)24(5,29-30-26)22(39-18)31-12-11-19(25)27-23(31)34/h6-12,14-15,18,20,22H,13H2,1-5H3,(H,28,35)(H2,25,27,34)/t15-,18+,20+,22+,24+,41?/m0/s1. The molecule has 2 aromatic rings. The van der Waals surface area contributed by atoms with Crippen molar-refractivity contribution in [3.8, 4) is 5.75 Å². The predicted octanol–water partition coefficient (Wildman–Crippen LogP) is 2.86. The highest BCUT2D eigenvalue weighted by atomic mass is 31.2. The zero-order valence-electron chi connectivity index (χ0n) is 23.1. The molecular formula is C24H32N7O9P. The summed E-state index contributed by atoms with van der Waals surface area (Å²) in [6.07, 6.45) is -3.05. The summed E-state index contributed by atoms with van der Waals surface area (Å²) in [5.41, 5.74) is 12.4. The Morgan fingerprint density at radius 2 is 1.98 bits per heavy atom. The number of benzene rings is 1. The van der Waals surface area contributed by atoms with Crippen LogP contribution in [0.5, 0.6) is 5.75 Å². The van der Waals surface area contributed by atoms with E-state index in [0.29, 0.717) is 0 Å². The number of anilines is 1. The van der Waals surface area contributed by atoms with E-state index in [1.807, 2.05) is 0 Å². The third-order valence-corrected chi connectivity index (χ3v) is 7.45. The first-order chi connectivity index (χ1) is 19.3. The van der Waals surface area contributed by atoms with Gasteiger partial charge in [-0.25, -0.2) is 9.36 Å². The van der Waals surface area contributed by atoms with Crippen LogP contribution >= 0.6 is 7.75 Å². The van der Waals surface area contributed by atoms with Crippen LogP contribution in [0.25, 0.3) is 10.4 Å². The average Bonchev–Trinajstić information content (AvgIpc) is 3.13. The quantitative estimate of drug-likeness (QED) is 0.119. The van der Waals surface area contributed by atoms with E-state index in [1.165, 1.54) is 38.2 Å². The van der Waals surface area contributed by atoms with Crippen molar-refractivity contribution in [1.82, 2.24) is 14.6 Å². The third-order valence-electron chi connectivity index (χ3n) is 5.81. The van der Waals surface area contributed by atoms with Gasteiger partial charge in [0.1, 0.15) is 35.4 Å². The SMILES string of the molecule is CC(=O)O[C@@H]1[C@@H](COP(=O)(N[C@@H](C)C(=O)OC(C)C)Oc2ccccc2)O[C@@H](n2ccc(N)nc2=O)[C@]1(C)N=[N+]=[N-]. The van der Waals surface area contributed by atoms with Gasteiger partial charge in [-0.05, 0) is 51.4 Å². The number of carbonyl (C=O) groups excluding carboxylic acids is 2. The number of carbonyl (C=O) groups is 2. The van der Waals surface area contributed by atoms with E-state index in [4.69, 9.17) is 29.0 Å². The van der Waals surface area contributed by atoms with Gasteiger partial charge in [0, 0.05) is 18.0 Å². The first-order valence-corrected chi connectivity index (χ1v) is 14.0. The van der Waals surface area contributed by atoms with Crippen molar-refractivity contribution in [1.29, 1.82) is 0 Å². The van der Waals surface area contributed by atoms with Crippen LogP contribution in [0, 0.1) is 0 Å². The van der Waals surface area contributed by atoms with E-state index < -0.39 is 68.1 Å². The molecule has 3 rings (SSSR count). The van der Waals surface area contributed by atoms with Crippen molar-refractivity contribution in [2.24, 2.45) is 5.11 Å². The number of nitrogens with two attached hydrogens (primary N) is 1. The number of nitrogens with one attached hydrogen (secondary N) is 1. The van der Waals surface area contributed by atoms with Crippen molar-refractivity contribution < 1.29 is 37.4 Å². The molecule has 16 nitrogen and oxygen atoms in total. The van der Waals surface area contributed by atoms with E-state index in [9.17, 15) is 24.5 Å². The van der Waals surface area contributed by atoms with Gasteiger partial charge in [-0.3, -0.25) is 18.7 Å². The van der Waals surface area contributed by atoms with Crippen molar-refractivity contribution in [2.45, 2.75) is 70.7 Å². The highest BCUT2D eigenvalue weighted by molar-refractivity contribution is 7.52. The molecule has 0 radical (unpaired) electrons. The number of hydrogen-bond acceptors (Lipinski definition) is 12. The number of esters is 2. The lowest BCUT2D eigenvalue weighted by Gasteiger charge is -2.30. The molecule has 1 fully saturated rings. The molecule has 1 unspecified atom stereocenters. The Bertz CT molecular complexity index is 1400. The van der Waals surface area contributed by atoms with Crippen molar-refractivity contribution >= 4 is 25.5 Å². The van der Waals surface area contributed by atoms with Gasteiger partial charge in [0.2, 0.25) is 0 Å². The van der Waals surface area contributed by atoms with Gasteiger partial charge in [0.05, 0.1) is 12.7 Å². The van der Waals surface area contributed by atoms with Crippen LogP contribution in [0.2, 0.25) is 0 Å². The number of ether oxygens (including phenoxy) is 3. The molecule has 17 heteroatoms. The van der Waals surface area contributed by atoms with E-state index >= 15 is 0 Å². The lowest BCUT2D eigenvalue weighted by Crippen LogP contribution is -2.47. The summed E-state index contributed by atoms with van der Waals surface area (Å²) in [5.74, 6) is -1.35. The van der Waals surface area contributed by atoms with Crippen LogP contribution in [0.1, 0.15) is 40.8 Å². The lowest BCUT2D eigenvalue weighted by molar-refractivity contribution is -0.152. The maximum absolute atomic E-state index is 13.9. The second kappa shape index (κ2) is 13.1. The van der Waals surface area contributed by atoms with Crippen LogP contribution in [0.4, 0.5) is 5.82 Å². The third kappa shape index (κ3) is 7.84. The summed E-state index contributed by atoms with van der Waals surface area (Å²) in [6, 6.07) is 8.25. The molecule has 222 valence electrons. The molecule has 1 aliphatic heterocycles. The maximum atomic E-state index is 13.9. The molecule has 2 heterocycles. The number of nitrogens with zero attached hydrogens (tertiary/aromatic N) is 5. The van der Waals surface area contributed by atoms with Gasteiger partial charge in [-0.15, -0.1) is 0 Å². The Balaban J connectivity index is 1.96. The summed E-state index contributed by atoms with van der Waals surface area (Å²) in [7, 11) is -4.35. The van der Waals surface area contributed by atoms with Gasteiger partial charge in [0.25, 0.3) is 0 Å². The minimum absolute atomic E-state index is 0.0543. The topological polar surface area (TPSA) is 219 Å². The summed E-state index contributed by atoms with van der Waals surface area (Å²) in [6.45, 7) is 6.71. The Hall–Kier alpha value is -3.94. The normalized spacial score (nSPS) is 24.1. The fraction of sp³-hybridized carbons (Fsp3) is 0.500. The minimum atomic E-state index is -4.35. The molecule has 0 saturated carbocycles. The predicted molar refractivity (Wildman–Crippen MR) is 144 cm³/mol. The number of azide groups is 1. The highest BCUT2D eigenvalue weighted by Crippen LogP contribution is 2.48. The van der Waals surface area contributed by atoms with Crippen LogP contribution in [0.3, 0.4) is 0 Å². The second-order valence-corrected chi connectivity index (χ2v) is 11.2. The summed E-state index contributed by atoms with van der Waals surface area (Å²) >= 11 is 0. The van der Waals surface area contributed by atoms with Gasteiger partial charge < -0.3 is 24.5 Å². The Kier molecular flexibility index (Phi) is 10.1. The van der Waals surface area contributed by atoms with Gasteiger partial charge in [-0.1, -0.05) is 23.3 Å². The van der Waals surface area contributed by atoms with Gasteiger partial charge in [-0.2, -0.15) is 10.1 Å². The molecule has 0 spiro atoms. The average molecular weight is 594 g/mol. The number of rotatable bonds is 12. The van der Waals surface area contributed by atoms with E-state index in [2.05, 4.69) is 20.1 Å². The summed E-state index contributed by atoms with van der Waals surface area (Å²) in [4.78, 5) is 43.7. The Labute approximate surface area is 235 Å². The molecule has 1 aromatic carbocycles. The molecule has 0 aliphatic carbocycles. The van der Waals surface area contributed by atoms with Crippen LogP contribution < -0.4 is 21.0 Å². The zero-order valence-corrected chi connectivity index (χ0v) is 24.0. The smallest absolute Gasteiger partial charge is 0.459 e. The van der Waals surface area contributed by atoms with E-state index in [1.54, 1.807) is 32.0 Å². The molecule has 6 atom stereocenters. The summed E-state index contributed by atoms with van der Waals surface area (Å²) in [5, 5.41) is 6.34. The van der Waals surface area contributed by atoms with E-state index in [0.717, 1.165) is 11.5 Å². The molecule has 0 bridgehead atoms. The Morgan fingerprint density at radius 1 is 1.29 bits per heavy atom. The molecule has 3 N–H and O–H groups in total. The minimum Gasteiger partial charge on any atom is -0.462 e. The fourth-order valence-corrected chi connectivity index (χ4v) is 5.55. The second-order valence-electron chi connectivity index (χ2n) is 9.55. The van der Waals surface area contributed by atoms with Crippen molar-refractivity contribution in [3.05, 3.63) is 63.5 Å². The molecule has 1 saturated heterocycles. The number of nitrogen functional groups attached to an aromatic ring is 1. The monoisotopic (exact) mass is 593 g/mol. The zero-order chi connectivity index (χ0) is 30.4. The lowest BCUT2D eigenvalue weighted by atomic mass is 9.93. The molecule has 1 aliphatic rings. The number of hydrogen-bond donors (Lipinski definition) is 2. The number of para-hydroxylation sites is 1. The first-order valence-electron chi connectivity index (χ1n) is 12.5. The Morgan fingerprint density at radius 3 is 2.56 bits per heavy atom. The van der Waals surface area contributed by atoms with Gasteiger partial charge >= 0.3 is 25.4 Å². The number of aromatic nitrogens is 2. The molecule has 41 heavy (non-hydrogen) atoms. The molecular weight excluding hydrogens is 561 g/mol. The summed E-state index contributed by atoms with van der Waals surface area (Å²) < 4.78 is 42.9. The van der Waals surface area contributed by atoms with Gasteiger partial charge in [0.15, 0.2) is 6.23 Å². The van der Waals surface area contributed by atoms with Crippen LogP contribution in [-0.2, 0) is 32.9 Å². The van der Waals surface area contributed by atoms with Crippen LogP contribution in [-0.4, -0.2) is 58.0 Å².